The summed E-state index contributed by atoms with van der Waals surface area (Å²) < 4.78 is 6.80. The first-order chi connectivity index (χ1) is 11.0. The molecule has 0 radical (unpaired) electrons. The summed E-state index contributed by atoms with van der Waals surface area (Å²) in [5.41, 5.74) is 1.79. The smallest absolute Gasteiger partial charge is 0.338 e. The highest BCUT2D eigenvalue weighted by atomic mass is 35.5. The first-order valence-corrected chi connectivity index (χ1v) is 7.78. The Balaban J connectivity index is 2.18. The maximum Gasteiger partial charge on any atom is 0.338 e. The molecule has 0 aliphatic carbocycles. The van der Waals surface area contributed by atoms with Crippen LogP contribution in [0.25, 0.3) is 0 Å². The summed E-state index contributed by atoms with van der Waals surface area (Å²) in [5.74, 6) is 0.112. The maximum absolute atomic E-state index is 12.5. The van der Waals surface area contributed by atoms with Crippen molar-refractivity contribution in [1.29, 1.82) is 0 Å². The van der Waals surface area contributed by atoms with Gasteiger partial charge < -0.3 is 10.1 Å². The van der Waals surface area contributed by atoms with E-state index in [2.05, 4.69) is 15.4 Å². The highest BCUT2D eigenvalue weighted by molar-refractivity contribution is 6.35. The molecule has 2 heterocycles. The lowest BCUT2D eigenvalue weighted by Crippen LogP contribution is -2.29. The van der Waals surface area contributed by atoms with E-state index in [1.807, 2.05) is 0 Å². The number of hydrogen-bond acceptors (Lipinski definition) is 5. The Morgan fingerprint density at radius 1 is 1.43 bits per heavy atom. The van der Waals surface area contributed by atoms with Crippen LogP contribution in [0.4, 0.5) is 5.95 Å². The Hall–Kier alpha value is -2.05. The van der Waals surface area contributed by atoms with Gasteiger partial charge in [0.1, 0.15) is 12.4 Å². The van der Waals surface area contributed by atoms with Crippen molar-refractivity contribution in [2.45, 2.75) is 19.9 Å². The summed E-state index contributed by atoms with van der Waals surface area (Å²) in [6, 6.07) is 4.60. The second-order valence-electron chi connectivity index (χ2n) is 4.98. The van der Waals surface area contributed by atoms with Crippen LogP contribution in [-0.2, 0) is 9.53 Å². The zero-order chi connectivity index (χ0) is 16.6. The molecule has 0 saturated carbocycles. The SMILES string of the molecule is CCOC(=O)C1=C(C)Nc2ncnn2[C@H]1c1ccc(Cl)cc1Cl. The second kappa shape index (κ2) is 6.22. The number of nitrogens with zero attached hydrogens (tertiary/aromatic N) is 3. The number of fused-ring (bicyclic) bond motifs is 1. The molecule has 1 aliphatic rings. The number of esters is 1. The number of nitrogens with one attached hydrogen (secondary N) is 1. The lowest BCUT2D eigenvalue weighted by atomic mass is 9.96. The van der Waals surface area contributed by atoms with Crippen LogP contribution in [0.15, 0.2) is 35.8 Å². The minimum atomic E-state index is -0.530. The summed E-state index contributed by atoms with van der Waals surface area (Å²) in [7, 11) is 0. The van der Waals surface area contributed by atoms with E-state index in [-0.39, 0.29) is 6.61 Å². The number of hydrogen-bond donors (Lipinski definition) is 1. The fraction of sp³-hybridized carbons (Fsp3) is 0.267. The molecule has 0 fully saturated rings. The Morgan fingerprint density at radius 2 is 2.22 bits per heavy atom. The molecular formula is C15H14Cl2N4O2. The van der Waals surface area contributed by atoms with Crippen LogP contribution in [0.3, 0.4) is 0 Å². The molecule has 8 heteroatoms. The second-order valence-corrected chi connectivity index (χ2v) is 5.82. The molecule has 0 bridgehead atoms. The van der Waals surface area contributed by atoms with Crippen molar-refractivity contribution in [3.63, 3.8) is 0 Å². The highest BCUT2D eigenvalue weighted by Crippen LogP contribution is 2.38. The fourth-order valence-corrected chi connectivity index (χ4v) is 3.09. The van der Waals surface area contributed by atoms with Crippen molar-refractivity contribution < 1.29 is 9.53 Å². The molecule has 120 valence electrons. The highest BCUT2D eigenvalue weighted by Gasteiger charge is 2.35. The molecule has 1 aliphatic heterocycles. The molecule has 23 heavy (non-hydrogen) atoms. The zero-order valence-corrected chi connectivity index (χ0v) is 14.0. The quantitative estimate of drug-likeness (QED) is 0.856. The molecule has 0 unspecified atom stereocenters. The predicted molar refractivity (Wildman–Crippen MR) is 87.6 cm³/mol. The molecule has 2 aromatic rings. The van der Waals surface area contributed by atoms with Crippen molar-refractivity contribution in [2.75, 3.05) is 11.9 Å². The summed E-state index contributed by atoms with van der Waals surface area (Å²) in [6.07, 6.45) is 1.42. The third-order valence-corrected chi connectivity index (χ3v) is 4.11. The molecule has 0 spiro atoms. The van der Waals surface area contributed by atoms with Gasteiger partial charge in [-0.25, -0.2) is 9.48 Å². The number of anilines is 1. The molecule has 3 rings (SSSR count). The number of halogens is 2. The zero-order valence-electron chi connectivity index (χ0n) is 12.5. The number of rotatable bonds is 3. The number of carbonyl (C=O) groups is 1. The molecular weight excluding hydrogens is 339 g/mol. The van der Waals surface area contributed by atoms with E-state index in [1.54, 1.807) is 36.7 Å². The van der Waals surface area contributed by atoms with Crippen molar-refractivity contribution in [3.05, 3.63) is 51.4 Å². The van der Waals surface area contributed by atoms with Gasteiger partial charge in [0.25, 0.3) is 0 Å². The van der Waals surface area contributed by atoms with Crippen molar-refractivity contribution >= 4 is 35.1 Å². The Bertz CT molecular complexity index is 801. The van der Waals surface area contributed by atoms with Crippen LogP contribution >= 0.6 is 23.2 Å². The largest absolute Gasteiger partial charge is 0.463 e. The number of aromatic nitrogens is 3. The minimum absolute atomic E-state index is 0.279. The Labute approximate surface area is 143 Å². The first kappa shape index (κ1) is 15.8. The van der Waals surface area contributed by atoms with E-state index in [0.717, 1.165) is 0 Å². The average Bonchev–Trinajstić information content (AvgIpc) is 2.94. The van der Waals surface area contributed by atoms with Crippen LogP contribution in [0.1, 0.15) is 25.5 Å². The van der Waals surface area contributed by atoms with Gasteiger partial charge in [-0.3, -0.25) is 0 Å². The van der Waals surface area contributed by atoms with Crippen molar-refractivity contribution in [1.82, 2.24) is 14.8 Å². The van der Waals surface area contributed by atoms with Gasteiger partial charge in [-0.2, -0.15) is 10.1 Å². The van der Waals surface area contributed by atoms with Crippen LogP contribution < -0.4 is 5.32 Å². The minimum Gasteiger partial charge on any atom is -0.463 e. The average molecular weight is 353 g/mol. The molecule has 6 nitrogen and oxygen atoms in total. The number of ether oxygens (including phenoxy) is 1. The van der Waals surface area contributed by atoms with E-state index in [9.17, 15) is 4.79 Å². The maximum atomic E-state index is 12.5. The van der Waals surface area contributed by atoms with Gasteiger partial charge >= 0.3 is 5.97 Å². The van der Waals surface area contributed by atoms with Gasteiger partial charge in [-0.05, 0) is 26.0 Å². The van der Waals surface area contributed by atoms with Gasteiger partial charge in [0.2, 0.25) is 5.95 Å². The predicted octanol–water partition coefficient (Wildman–Crippen LogP) is 3.44. The third-order valence-electron chi connectivity index (χ3n) is 3.55. The number of allylic oxidation sites excluding steroid dienone is 1. The Kier molecular flexibility index (Phi) is 4.28. The van der Waals surface area contributed by atoms with Crippen LogP contribution in [0.2, 0.25) is 10.0 Å². The van der Waals surface area contributed by atoms with Gasteiger partial charge in [0, 0.05) is 21.3 Å². The van der Waals surface area contributed by atoms with E-state index in [4.69, 9.17) is 27.9 Å². The number of carbonyl (C=O) groups excluding carboxylic acids is 1. The van der Waals surface area contributed by atoms with E-state index < -0.39 is 12.0 Å². The fourth-order valence-electron chi connectivity index (χ4n) is 2.57. The third kappa shape index (κ3) is 2.80. The molecule has 1 N–H and O–H groups in total. The monoisotopic (exact) mass is 352 g/mol. The summed E-state index contributed by atoms with van der Waals surface area (Å²) in [4.78, 5) is 16.6. The van der Waals surface area contributed by atoms with Gasteiger partial charge in [0.05, 0.1) is 12.2 Å². The molecule has 1 aromatic carbocycles. The normalized spacial score (nSPS) is 16.8. The summed E-state index contributed by atoms with van der Waals surface area (Å²) >= 11 is 12.3. The van der Waals surface area contributed by atoms with E-state index in [1.165, 1.54) is 6.33 Å². The standard InChI is InChI=1S/C15H14Cl2N4O2/c1-3-23-14(22)12-8(2)20-15-18-7-19-21(15)13(12)10-5-4-9(16)6-11(10)17/h4-7,13H,3H2,1-2H3,(H,18,19,20)/t13-/m0/s1. The first-order valence-electron chi connectivity index (χ1n) is 7.02. The molecule has 1 atom stereocenters. The van der Waals surface area contributed by atoms with Crippen LogP contribution in [-0.4, -0.2) is 27.3 Å². The van der Waals surface area contributed by atoms with Crippen LogP contribution in [0, 0.1) is 0 Å². The van der Waals surface area contributed by atoms with E-state index >= 15 is 0 Å². The molecule has 0 amide bonds. The summed E-state index contributed by atoms with van der Waals surface area (Å²) in [6.45, 7) is 3.83. The summed E-state index contributed by atoms with van der Waals surface area (Å²) in [5, 5.41) is 8.24. The van der Waals surface area contributed by atoms with Gasteiger partial charge in [-0.1, -0.05) is 29.3 Å². The van der Waals surface area contributed by atoms with Crippen LogP contribution in [0.5, 0.6) is 0 Å². The van der Waals surface area contributed by atoms with Crippen molar-refractivity contribution in [2.24, 2.45) is 0 Å². The molecule has 1 aromatic heterocycles. The van der Waals surface area contributed by atoms with E-state index in [0.29, 0.717) is 32.8 Å². The lowest BCUT2D eigenvalue weighted by molar-refractivity contribution is -0.139. The Morgan fingerprint density at radius 3 is 2.91 bits per heavy atom. The van der Waals surface area contributed by atoms with Gasteiger partial charge in [-0.15, -0.1) is 0 Å². The van der Waals surface area contributed by atoms with Crippen molar-refractivity contribution in [3.8, 4) is 0 Å². The number of benzene rings is 1. The lowest BCUT2D eigenvalue weighted by Gasteiger charge is -2.28. The molecule has 0 saturated heterocycles. The van der Waals surface area contributed by atoms with Gasteiger partial charge in [0.15, 0.2) is 0 Å². The topological polar surface area (TPSA) is 69.0 Å².